The highest BCUT2D eigenvalue weighted by Crippen LogP contribution is 2.26. The van der Waals surface area contributed by atoms with Crippen LogP contribution in [0.15, 0.2) is 52.1 Å². The van der Waals surface area contributed by atoms with Gasteiger partial charge in [-0.15, -0.1) is 10.2 Å². The van der Waals surface area contributed by atoms with Gasteiger partial charge in [0.25, 0.3) is 11.1 Å². The maximum Gasteiger partial charge on any atom is 0.277 e. The number of hydrogen-bond donors (Lipinski definition) is 1. The minimum absolute atomic E-state index is 0.116. The fraction of sp³-hybridized carbons (Fsp3) is 0.318. The van der Waals surface area contributed by atoms with E-state index < -0.39 is 0 Å². The third-order valence-electron chi connectivity index (χ3n) is 4.88. The summed E-state index contributed by atoms with van der Waals surface area (Å²) in [5.74, 6) is 1.29. The Morgan fingerprint density at radius 3 is 2.83 bits per heavy atom. The summed E-state index contributed by atoms with van der Waals surface area (Å²) in [6.45, 7) is 2.16. The van der Waals surface area contributed by atoms with E-state index in [1.54, 1.807) is 0 Å². The van der Waals surface area contributed by atoms with Gasteiger partial charge in [0.2, 0.25) is 5.91 Å². The van der Waals surface area contributed by atoms with E-state index in [-0.39, 0.29) is 18.3 Å². The molecule has 0 radical (unpaired) electrons. The molecule has 1 aliphatic carbocycles. The molecule has 1 amide bonds. The second kappa shape index (κ2) is 9.13. The SMILES string of the molecule is Cc1ccccc1NC(=O)CSc1nnc(COc2ccc3c(c2)CCCC3)o1. The van der Waals surface area contributed by atoms with E-state index in [0.29, 0.717) is 11.1 Å². The van der Waals surface area contributed by atoms with Crippen molar-refractivity contribution >= 4 is 23.4 Å². The third kappa shape index (κ3) is 5.17. The number of ether oxygens (including phenoxy) is 1. The average molecular weight is 410 g/mol. The van der Waals surface area contributed by atoms with Crippen molar-refractivity contribution in [1.29, 1.82) is 0 Å². The van der Waals surface area contributed by atoms with Crippen LogP contribution in [0.2, 0.25) is 0 Å². The Kier molecular flexibility index (Phi) is 6.14. The molecule has 150 valence electrons. The molecule has 0 spiro atoms. The first-order chi connectivity index (χ1) is 14.2. The zero-order valence-corrected chi connectivity index (χ0v) is 17.1. The number of carbonyl (C=O) groups excluding carboxylic acids is 1. The van der Waals surface area contributed by atoms with E-state index in [2.05, 4.69) is 27.6 Å². The van der Waals surface area contributed by atoms with E-state index in [1.165, 1.54) is 35.7 Å². The summed E-state index contributed by atoms with van der Waals surface area (Å²) in [5.41, 5.74) is 4.62. The van der Waals surface area contributed by atoms with Gasteiger partial charge in [0.05, 0.1) is 5.75 Å². The standard InChI is InChI=1S/C22H23N3O3S/c1-15-6-2-5-9-19(15)23-20(26)14-29-22-25-24-21(28-22)13-27-18-11-10-16-7-3-4-8-17(16)12-18/h2,5-6,9-12H,3-4,7-8,13-14H2,1H3,(H,23,26). The van der Waals surface area contributed by atoms with Crippen molar-refractivity contribution in [2.24, 2.45) is 0 Å². The zero-order chi connectivity index (χ0) is 20.1. The van der Waals surface area contributed by atoms with Crippen LogP contribution in [0.4, 0.5) is 5.69 Å². The van der Waals surface area contributed by atoms with Gasteiger partial charge in [0.1, 0.15) is 5.75 Å². The highest BCUT2D eigenvalue weighted by atomic mass is 32.2. The van der Waals surface area contributed by atoms with Crippen LogP contribution in [0.1, 0.15) is 35.4 Å². The number of para-hydroxylation sites is 1. The van der Waals surface area contributed by atoms with Crippen molar-refractivity contribution in [3.05, 3.63) is 65.0 Å². The Morgan fingerprint density at radius 2 is 1.97 bits per heavy atom. The van der Waals surface area contributed by atoms with Gasteiger partial charge >= 0.3 is 0 Å². The number of aryl methyl sites for hydroxylation is 3. The first kappa shape index (κ1) is 19.5. The Labute approximate surface area is 174 Å². The molecule has 0 saturated heterocycles. The summed E-state index contributed by atoms with van der Waals surface area (Å²) in [6.07, 6.45) is 4.76. The van der Waals surface area contributed by atoms with Gasteiger partial charge in [-0.1, -0.05) is 36.0 Å². The lowest BCUT2D eigenvalue weighted by Gasteiger charge is -2.16. The van der Waals surface area contributed by atoms with Gasteiger partial charge in [-0.25, -0.2) is 0 Å². The molecule has 1 aromatic heterocycles. The minimum Gasteiger partial charge on any atom is -0.484 e. The number of amides is 1. The van der Waals surface area contributed by atoms with Gasteiger partial charge < -0.3 is 14.5 Å². The van der Waals surface area contributed by atoms with Gasteiger partial charge in [-0.05, 0) is 67.5 Å². The van der Waals surface area contributed by atoms with Crippen LogP contribution in [0.5, 0.6) is 5.75 Å². The van der Waals surface area contributed by atoms with Crippen molar-refractivity contribution in [3.8, 4) is 5.75 Å². The number of nitrogens with zero attached hydrogens (tertiary/aromatic N) is 2. The van der Waals surface area contributed by atoms with Gasteiger partial charge in [-0.2, -0.15) is 0 Å². The first-order valence-corrected chi connectivity index (χ1v) is 10.7. The van der Waals surface area contributed by atoms with Crippen LogP contribution >= 0.6 is 11.8 Å². The smallest absolute Gasteiger partial charge is 0.277 e. The Hall–Kier alpha value is -2.80. The molecule has 2 aromatic carbocycles. The molecule has 1 N–H and O–H groups in total. The van der Waals surface area contributed by atoms with Crippen LogP contribution in [-0.2, 0) is 24.2 Å². The lowest BCUT2D eigenvalue weighted by molar-refractivity contribution is -0.113. The number of benzene rings is 2. The third-order valence-corrected chi connectivity index (χ3v) is 5.69. The van der Waals surface area contributed by atoms with E-state index >= 15 is 0 Å². The maximum absolute atomic E-state index is 12.1. The summed E-state index contributed by atoms with van der Waals surface area (Å²) in [4.78, 5) is 12.1. The Bertz CT molecular complexity index is 1000. The zero-order valence-electron chi connectivity index (χ0n) is 16.3. The highest BCUT2D eigenvalue weighted by Gasteiger charge is 2.13. The van der Waals surface area contributed by atoms with Crippen molar-refractivity contribution < 1.29 is 13.9 Å². The van der Waals surface area contributed by atoms with Crippen molar-refractivity contribution in [2.75, 3.05) is 11.1 Å². The molecule has 29 heavy (non-hydrogen) atoms. The monoisotopic (exact) mass is 409 g/mol. The summed E-state index contributed by atoms with van der Waals surface area (Å²) >= 11 is 1.21. The number of aromatic nitrogens is 2. The van der Waals surface area contributed by atoms with E-state index in [9.17, 15) is 4.79 Å². The maximum atomic E-state index is 12.1. The molecule has 0 atom stereocenters. The molecule has 7 heteroatoms. The van der Waals surface area contributed by atoms with Crippen molar-refractivity contribution in [1.82, 2.24) is 10.2 Å². The predicted octanol–water partition coefficient (Wildman–Crippen LogP) is 4.57. The van der Waals surface area contributed by atoms with Crippen LogP contribution < -0.4 is 10.1 Å². The van der Waals surface area contributed by atoms with Crippen molar-refractivity contribution in [3.63, 3.8) is 0 Å². The number of rotatable bonds is 7. The number of hydrogen-bond acceptors (Lipinski definition) is 6. The second-order valence-corrected chi connectivity index (χ2v) is 7.97. The molecular formula is C22H23N3O3S. The summed E-state index contributed by atoms with van der Waals surface area (Å²) in [6, 6.07) is 13.9. The largest absolute Gasteiger partial charge is 0.484 e. The molecule has 0 saturated carbocycles. The topological polar surface area (TPSA) is 77.2 Å². The highest BCUT2D eigenvalue weighted by molar-refractivity contribution is 7.99. The lowest BCUT2D eigenvalue weighted by Crippen LogP contribution is -2.14. The molecule has 6 nitrogen and oxygen atoms in total. The minimum atomic E-state index is -0.116. The summed E-state index contributed by atoms with van der Waals surface area (Å²) in [7, 11) is 0. The molecule has 3 aromatic rings. The normalized spacial score (nSPS) is 13.0. The summed E-state index contributed by atoms with van der Waals surface area (Å²) < 4.78 is 11.4. The quantitative estimate of drug-likeness (QED) is 0.576. The molecule has 0 bridgehead atoms. The lowest BCUT2D eigenvalue weighted by atomic mass is 9.92. The molecule has 1 heterocycles. The number of nitrogens with one attached hydrogen (secondary N) is 1. The predicted molar refractivity (Wildman–Crippen MR) is 112 cm³/mol. The van der Waals surface area contributed by atoms with Crippen LogP contribution in [-0.4, -0.2) is 21.9 Å². The molecule has 0 unspecified atom stereocenters. The first-order valence-electron chi connectivity index (χ1n) is 9.72. The van der Waals surface area contributed by atoms with Crippen LogP contribution in [0.3, 0.4) is 0 Å². The number of carbonyl (C=O) groups is 1. The summed E-state index contributed by atoms with van der Waals surface area (Å²) in [5, 5.41) is 11.2. The molecule has 0 fully saturated rings. The molecule has 1 aliphatic rings. The van der Waals surface area contributed by atoms with Gasteiger partial charge in [-0.3, -0.25) is 4.79 Å². The van der Waals surface area contributed by atoms with Crippen LogP contribution in [0, 0.1) is 6.92 Å². The van der Waals surface area contributed by atoms with Gasteiger partial charge in [0.15, 0.2) is 6.61 Å². The fourth-order valence-corrected chi connectivity index (χ4v) is 3.91. The Morgan fingerprint density at radius 1 is 1.14 bits per heavy atom. The molecular weight excluding hydrogens is 386 g/mol. The van der Waals surface area contributed by atoms with E-state index in [1.807, 2.05) is 37.3 Å². The number of thioether (sulfide) groups is 1. The van der Waals surface area contributed by atoms with E-state index in [4.69, 9.17) is 9.15 Å². The van der Waals surface area contributed by atoms with Gasteiger partial charge in [0, 0.05) is 5.69 Å². The Balaban J connectivity index is 1.26. The van der Waals surface area contributed by atoms with Crippen LogP contribution in [0.25, 0.3) is 0 Å². The second-order valence-electron chi connectivity index (χ2n) is 7.04. The van der Waals surface area contributed by atoms with Crippen molar-refractivity contribution in [2.45, 2.75) is 44.4 Å². The molecule has 4 rings (SSSR count). The molecule has 0 aliphatic heterocycles. The average Bonchev–Trinajstić information content (AvgIpc) is 3.20. The number of anilines is 1. The fourth-order valence-electron chi connectivity index (χ4n) is 3.33. The number of fused-ring (bicyclic) bond motifs is 1. The van der Waals surface area contributed by atoms with E-state index in [0.717, 1.165) is 29.8 Å².